The second-order valence-corrected chi connectivity index (χ2v) is 8.00. The molecule has 2 heterocycles. The van der Waals surface area contributed by atoms with Gasteiger partial charge in [-0.15, -0.1) is 0 Å². The number of anilines is 1. The molecule has 1 aliphatic carbocycles. The summed E-state index contributed by atoms with van der Waals surface area (Å²) < 4.78 is 1.67. The molecule has 1 fully saturated rings. The van der Waals surface area contributed by atoms with Gasteiger partial charge in [-0.25, -0.2) is 4.68 Å². The number of fused-ring (bicyclic) bond motifs is 1. The van der Waals surface area contributed by atoms with Crippen LogP contribution in [0.2, 0.25) is 0 Å². The molecule has 1 saturated carbocycles. The van der Waals surface area contributed by atoms with Crippen molar-refractivity contribution in [1.29, 1.82) is 0 Å². The number of amides is 2. The van der Waals surface area contributed by atoms with Crippen LogP contribution in [0.3, 0.4) is 0 Å². The zero-order valence-corrected chi connectivity index (χ0v) is 15.8. The first-order valence-corrected chi connectivity index (χ1v) is 10.6. The van der Waals surface area contributed by atoms with Gasteiger partial charge < -0.3 is 10.6 Å². The summed E-state index contributed by atoms with van der Waals surface area (Å²) in [6.45, 7) is 2.85. The monoisotopic (exact) mass is 364 g/mol. The Bertz CT molecular complexity index is 623. The summed E-state index contributed by atoms with van der Waals surface area (Å²) in [5, 5.41) is 10.5. The van der Waals surface area contributed by atoms with Crippen molar-refractivity contribution >= 4 is 29.4 Å². The van der Waals surface area contributed by atoms with Crippen LogP contribution >= 0.6 is 11.8 Å². The molecule has 1 aromatic rings. The zero-order valence-electron chi connectivity index (χ0n) is 15.0. The molecule has 2 aliphatic rings. The maximum absolute atomic E-state index is 12.4. The second-order valence-electron chi connectivity index (χ2n) is 7.01. The van der Waals surface area contributed by atoms with Gasteiger partial charge in [-0.1, -0.05) is 32.6 Å². The first kappa shape index (κ1) is 18.3. The molecule has 0 radical (unpaired) electrons. The summed E-state index contributed by atoms with van der Waals surface area (Å²) in [7, 11) is 0. The van der Waals surface area contributed by atoms with E-state index in [-0.39, 0.29) is 18.4 Å². The van der Waals surface area contributed by atoms with Crippen molar-refractivity contribution in [3.05, 3.63) is 11.3 Å². The van der Waals surface area contributed by atoms with E-state index in [2.05, 4.69) is 15.7 Å². The van der Waals surface area contributed by atoms with E-state index in [0.29, 0.717) is 18.9 Å². The molecule has 0 spiro atoms. The van der Waals surface area contributed by atoms with Crippen LogP contribution in [0.1, 0.15) is 63.1 Å². The number of hydrogen-bond donors (Lipinski definition) is 2. The fraction of sp³-hybridized carbons (Fsp3) is 0.722. The second kappa shape index (κ2) is 8.74. The summed E-state index contributed by atoms with van der Waals surface area (Å²) in [4.78, 5) is 24.5. The van der Waals surface area contributed by atoms with E-state index in [4.69, 9.17) is 0 Å². The van der Waals surface area contributed by atoms with E-state index in [1.807, 2.05) is 6.92 Å². The van der Waals surface area contributed by atoms with Crippen molar-refractivity contribution in [2.45, 2.75) is 69.9 Å². The Balaban J connectivity index is 1.62. The molecule has 0 atom stereocenters. The molecule has 2 N–H and O–H groups in total. The van der Waals surface area contributed by atoms with Crippen LogP contribution in [0.25, 0.3) is 0 Å². The Morgan fingerprint density at radius 3 is 2.80 bits per heavy atom. The van der Waals surface area contributed by atoms with Gasteiger partial charge in [0.05, 0.1) is 5.69 Å². The van der Waals surface area contributed by atoms with E-state index in [0.717, 1.165) is 41.4 Å². The lowest BCUT2D eigenvalue weighted by molar-refractivity contribution is -0.122. The molecule has 1 aliphatic heterocycles. The molecule has 0 bridgehead atoms. The zero-order chi connectivity index (χ0) is 17.6. The minimum Gasteiger partial charge on any atom is -0.355 e. The van der Waals surface area contributed by atoms with Gasteiger partial charge in [0.1, 0.15) is 12.4 Å². The van der Waals surface area contributed by atoms with Crippen molar-refractivity contribution in [3.8, 4) is 0 Å². The number of carbonyl (C=O) groups excluding carboxylic acids is 2. The molecular weight excluding hydrogens is 336 g/mol. The van der Waals surface area contributed by atoms with E-state index in [9.17, 15) is 9.59 Å². The standard InChI is InChI=1S/C18H28N4O2S/c1-2-9-19-17(24)10-22-18(14-11-25-12-15(14)21-22)20-16(23)8-7-13-5-3-4-6-13/h13H,2-12H2,1H3,(H,19,24)(H,20,23). The predicted octanol–water partition coefficient (Wildman–Crippen LogP) is 3.07. The Labute approximate surface area is 153 Å². The lowest BCUT2D eigenvalue weighted by Gasteiger charge is -2.12. The number of nitrogens with zero attached hydrogens (tertiary/aromatic N) is 2. The van der Waals surface area contributed by atoms with E-state index in [1.54, 1.807) is 16.4 Å². The van der Waals surface area contributed by atoms with Crippen LogP contribution < -0.4 is 10.6 Å². The van der Waals surface area contributed by atoms with Gasteiger partial charge in [0.25, 0.3) is 0 Å². The van der Waals surface area contributed by atoms with Gasteiger partial charge in [-0.05, 0) is 18.8 Å². The lowest BCUT2D eigenvalue weighted by atomic mass is 10.0. The fourth-order valence-electron chi connectivity index (χ4n) is 3.61. The predicted molar refractivity (Wildman–Crippen MR) is 100 cm³/mol. The van der Waals surface area contributed by atoms with Crippen LogP contribution in [0.4, 0.5) is 5.82 Å². The van der Waals surface area contributed by atoms with Gasteiger partial charge in [-0.3, -0.25) is 9.59 Å². The molecule has 3 rings (SSSR count). The smallest absolute Gasteiger partial charge is 0.241 e. The molecule has 25 heavy (non-hydrogen) atoms. The van der Waals surface area contributed by atoms with Gasteiger partial charge in [-0.2, -0.15) is 16.9 Å². The number of carbonyl (C=O) groups is 2. The first-order valence-electron chi connectivity index (χ1n) is 9.40. The average molecular weight is 365 g/mol. The highest BCUT2D eigenvalue weighted by Crippen LogP contribution is 2.35. The van der Waals surface area contributed by atoms with E-state index >= 15 is 0 Å². The third kappa shape index (κ3) is 4.77. The van der Waals surface area contributed by atoms with Gasteiger partial charge >= 0.3 is 0 Å². The minimum absolute atomic E-state index is 0.0433. The Hall–Kier alpha value is -1.50. The van der Waals surface area contributed by atoms with E-state index < -0.39 is 0 Å². The van der Waals surface area contributed by atoms with Crippen LogP contribution in [0.15, 0.2) is 0 Å². The van der Waals surface area contributed by atoms with E-state index in [1.165, 1.54) is 25.7 Å². The van der Waals surface area contributed by atoms with Crippen molar-refractivity contribution in [2.24, 2.45) is 5.92 Å². The summed E-state index contributed by atoms with van der Waals surface area (Å²) >= 11 is 1.80. The van der Waals surface area contributed by atoms with Crippen LogP contribution in [-0.2, 0) is 27.6 Å². The molecule has 6 nitrogen and oxygen atoms in total. The molecule has 0 saturated heterocycles. The van der Waals surface area contributed by atoms with Crippen molar-refractivity contribution < 1.29 is 9.59 Å². The van der Waals surface area contributed by atoms with Crippen LogP contribution in [-0.4, -0.2) is 28.1 Å². The summed E-state index contributed by atoms with van der Waals surface area (Å²) in [6, 6.07) is 0. The minimum atomic E-state index is -0.0582. The van der Waals surface area contributed by atoms with Crippen LogP contribution in [0, 0.1) is 5.92 Å². The quantitative estimate of drug-likeness (QED) is 0.743. The molecule has 0 aromatic carbocycles. The number of rotatable bonds is 8. The van der Waals surface area contributed by atoms with Crippen molar-refractivity contribution in [3.63, 3.8) is 0 Å². The maximum Gasteiger partial charge on any atom is 0.241 e. The maximum atomic E-state index is 12.4. The SMILES string of the molecule is CCCNC(=O)Cn1nc2c(c1NC(=O)CCC1CCCC1)CSC2. The lowest BCUT2D eigenvalue weighted by Crippen LogP contribution is -2.29. The molecular formula is C18H28N4O2S. The Kier molecular flexibility index (Phi) is 6.39. The van der Waals surface area contributed by atoms with Crippen molar-refractivity contribution in [1.82, 2.24) is 15.1 Å². The number of nitrogens with one attached hydrogen (secondary N) is 2. The van der Waals surface area contributed by atoms with Gasteiger partial charge in [0.2, 0.25) is 11.8 Å². The van der Waals surface area contributed by atoms with Crippen LogP contribution in [0.5, 0.6) is 0 Å². The molecule has 2 amide bonds. The number of thioether (sulfide) groups is 1. The van der Waals surface area contributed by atoms with Gasteiger partial charge in [0, 0.05) is 30.0 Å². The summed E-state index contributed by atoms with van der Waals surface area (Å²) in [5.74, 6) is 3.12. The molecule has 138 valence electrons. The molecule has 0 unspecified atom stereocenters. The summed E-state index contributed by atoms with van der Waals surface area (Å²) in [6.07, 6.45) is 7.55. The largest absolute Gasteiger partial charge is 0.355 e. The number of aromatic nitrogens is 2. The highest BCUT2D eigenvalue weighted by Gasteiger charge is 2.25. The Morgan fingerprint density at radius 1 is 1.24 bits per heavy atom. The number of hydrogen-bond acceptors (Lipinski definition) is 4. The van der Waals surface area contributed by atoms with Crippen molar-refractivity contribution in [2.75, 3.05) is 11.9 Å². The first-order chi connectivity index (χ1) is 12.2. The average Bonchev–Trinajstić information content (AvgIpc) is 3.31. The summed E-state index contributed by atoms with van der Waals surface area (Å²) in [5.41, 5.74) is 2.09. The molecule has 1 aromatic heterocycles. The fourth-order valence-corrected chi connectivity index (χ4v) is 4.64. The third-order valence-electron chi connectivity index (χ3n) is 5.00. The normalized spacial score (nSPS) is 16.8. The molecule has 7 heteroatoms. The highest BCUT2D eigenvalue weighted by atomic mass is 32.2. The third-order valence-corrected chi connectivity index (χ3v) is 5.97. The topological polar surface area (TPSA) is 76.0 Å². The highest BCUT2D eigenvalue weighted by molar-refractivity contribution is 7.98. The Morgan fingerprint density at radius 2 is 2.04 bits per heavy atom. The van der Waals surface area contributed by atoms with Gasteiger partial charge in [0.15, 0.2) is 0 Å².